The van der Waals surface area contributed by atoms with Crippen molar-refractivity contribution in [2.45, 2.75) is 12.8 Å². The van der Waals surface area contributed by atoms with Gasteiger partial charge in [-0.1, -0.05) is 12.7 Å². The average Bonchev–Trinajstić information content (AvgIpc) is 2.44. The molecule has 0 aromatic heterocycles. The predicted molar refractivity (Wildman–Crippen MR) is 69.1 cm³/mol. The molecule has 0 saturated heterocycles. The maximum Gasteiger partial charge on any atom is 0.338 e. The number of aliphatic hydroxyl groups excluding tert-OH is 1. The van der Waals surface area contributed by atoms with Crippen LogP contribution in [0.15, 0.2) is 36.1 Å². The van der Waals surface area contributed by atoms with Crippen molar-refractivity contribution < 1.29 is 24.2 Å². The van der Waals surface area contributed by atoms with Gasteiger partial charge in [0.15, 0.2) is 5.78 Å². The molecule has 1 N–H and O–H groups in total. The number of carbonyl (C=O) groups is 2. The van der Waals surface area contributed by atoms with Gasteiger partial charge in [-0.3, -0.25) is 4.79 Å². The molecule has 1 atom stereocenters. The second kappa shape index (κ2) is 5.84. The van der Waals surface area contributed by atoms with Gasteiger partial charge in [0.25, 0.3) is 0 Å². The minimum absolute atomic E-state index is 0.0278. The van der Waals surface area contributed by atoms with Crippen molar-refractivity contribution >= 4 is 11.8 Å². The van der Waals surface area contributed by atoms with E-state index in [1.807, 2.05) is 0 Å². The third kappa shape index (κ3) is 2.76. The maximum atomic E-state index is 12.2. The molecule has 1 unspecified atom stereocenters. The summed E-state index contributed by atoms with van der Waals surface area (Å²) in [5.41, 5.74) is -0.636. The van der Waals surface area contributed by atoms with Gasteiger partial charge in [-0.15, -0.1) is 6.58 Å². The van der Waals surface area contributed by atoms with E-state index in [4.69, 9.17) is 4.74 Å². The van der Waals surface area contributed by atoms with Crippen molar-refractivity contribution in [3.8, 4) is 0 Å². The molecule has 0 radical (unpaired) electrons. The van der Waals surface area contributed by atoms with Crippen LogP contribution in [-0.2, 0) is 19.1 Å². The summed E-state index contributed by atoms with van der Waals surface area (Å²) in [6.07, 6.45) is 1.90. The first-order valence-corrected chi connectivity index (χ1v) is 5.77. The zero-order valence-corrected chi connectivity index (χ0v) is 11.2. The van der Waals surface area contributed by atoms with Crippen LogP contribution in [-0.4, -0.2) is 37.7 Å². The molecule has 0 aliphatic heterocycles. The van der Waals surface area contributed by atoms with E-state index in [-0.39, 0.29) is 30.0 Å². The molecule has 104 valence electrons. The van der Waals surface area contributed by atoms with Gasteiger partial charge in [0.05, 0.1) is 32.0 Å². The van der Waals surface area contributed by atoms with Gasteiger partial charge in [0.2, 0.25) is 0 Å². The summed E-state index contributed by atoms with van der Waals surface area (Å²) in [6, 6.07) is 0. The summed E-state index contributed by atoms with van der Waals surface area (Å²) in [4.78, 5) is 23.7. The largest absolute Gasteiger partial charge is 0.500 e. The van der Waals surface area contributed by atoms with Crippen LogP contribution in [0.2, 0.25) is 0 Å². The molecule has 1 aliphatic carbocycles. The molecule has 1 rings (SSSR count). The molecule has 19 heavy (non-hydrogen) atoms. The molecule has 0 fully saturated rings. The molecule has 0 saturated carbocycles. The van der Waals surface area contributed by atoms with Gasteiger partial charge < -0.3 is 14.6 Å². The topological polar surface area (TPSA) is 72.8 Å². The van der Waals surface area contributed by atoms with Crippen LogP contribution in [0.3, 0.4) is 0 Å². The highest BCUT2D eigenvalue weighted by Gasteiger charge is 2.40. The number of methoxy groups -OCH3 is 2. The van der Waals surface area contributed by atoms with E-state index in [1.165, 1.54) is 14.2 Å². The molecule has 1 aliphatic rings. The Kier molecular flexibility index (Phi) is 4.67. The van der Waals surface area contributed by atoms with Crippen LogP contribution in [0.4, 0.5) is 0 Å². The lowest BCUT2D eigenvalue weighted by Gasteiger charge is -2.33. The summed E-state index contributed by atoms with van der Waals surface area (Å²) >= 11 is 0. The summed E-state index contributed by atoms with van der Waals surface area (Å²) in [5, 5.41) is 9.44. The van der Waals surface area contributed by atoms with E-state index in [2.05, 4.69) is 17.9 Å². The van der Waals surface area contributed by atoms with Crippen LogP contribution in [0.1, 0.15) is 12.8 Å². The van der Waals surface area contributed by atoms with Gasteiger partial charge in [0, 0.05) is 18.3 Å². The third-order valence-corrected chi connectivity index (χ3v) is 3.31. The van der Waals surface area contributed by atoms with Crippen molar-refractivity contribution in [3.05, 3.63) is 36.1 Å². The number of Topliss-reactive ketones (excluding diaryl/α,β-unsaturated/α-hetero) is 1. The first-order valence-electron chi connectivity index (χ1n) is 5.77. The number of aliphatic hydroxyl groups is 1. The van der Waals surface area contributed by atoms with Gasteiger partial charge in [-0.05, 0) is 0 Å². The van der Waals surface area contributed by atoms with Crippen molar-refractivity contribution in [1.29, 1.82) is 0 Å². The lowest BCUT2D eigenvalue weighted by Crippen LogP contribution is -2.34. The van der Waals surface area contributed by atoms with Gasteiger partial charge in [0.1, 0.15) is 5.76 Å². The molecule has 5 heteroatoms. The highest BCUT2D eigenvalue weighted by Crippen LogP contribution is 2.40. The van der Waals surface area contributed by atoms with Crippen molar-refractivity contribution in [2.75, 3.05) is 20.8 Å². The standard InChI is InChI=1S/C14H18O5/c1-5-14(8-15)6-10(16)12(11(7-14)18-3)9(2)13(17)19-4/h5,15H,1-2,6-8H2,3-4H3. The van der Waals surface area contributed by atoms with E-state index in [0.29, 0.717) is 12.2 Å². The Balaban J connectivity index is 3.25. The Labute approximate surface area is 112 Å². The number of ether oxygens (including phenoxy) is 2. The Morgan fingerprint density at radius 3 is 2.53 bits per heavy atom. The van der Waals surface area contributed by atoms with Gasteiger partial charge in [-0.25, -0.2) is 4.79 Å². The number of hydrogen-bond acceptors (Lipinski definition) is 5. The fourth-order valence-corrected chi connectivity index (χ4v) is 2.09. The van der Waals surface area contributed by atoms with Crippen molar-refractivity contribution in [1.82, 2.24) is 0 Å². The second-order valence-corrected chi connectivity index (χ2v) is 4.47. The lowest BCUT2D eigenvalue weighted by molar-refractivity contribution is -0.136. The molecule has 0 amide bonds. The Morgan fingerprint density at radius 1 is 1.47 bits per heavy atom. The minimum Gasteiger partial charge on any atom is -0.500 e. The quantitative estimate of drug-likeness (QED) is 0.459. The smallest absolute Gasteiger partial charge is 0.338 e. The Morgan fingerprint density at radius 2 is 2.11 bits per heavy atom. The Hall–Kier alpha value is -1.88. The molecule has 0 aromatic carbocycles. The summed E-state index contributed by atoms with van der Waals surface area (Å²) in [6.45, 7) is 7.01. The van der Waals surface area contributed by atoms with Crippen LogP contribution in [0, 0.1) is 5.41 Å². The van der Waals surface area contributed by atoms with E-state index in [0.717, 1.165) is 0 Å². The molecule has 0 bridgehead atoms. The van der Waals surface area contributed by atoms with Crippen molar-refractivity contribution in [3.63, 3.8) is 0 Å². The number of rotatable bonds is 5. The van der Waals surface area contributed by atoms with E-state index >= 15 is 0 Å². The summed E-state index contributed by atoms with van der Waals surface area (Å²) in [5.74, 6) is -0.666. The van der Waals surface area contributed by atoms with Crippen LogP contribution in [0.5, 0.6) is 0 Å². The Bertz CT molecular complexity index is 460. The van der Waals surface area contributed by atoms with Crippen LogP contribution < -0.4 is 0 Å². The highest BCUT2D eigenvalue weighted by molar-refractivity contribution is 6.10. The molecule has 0 heterocycles. The number of ketones is 1. The fourth-order valence-electron chi connectivity index (χ4n) is 2.09. The van der Waals surface area contributed by atoms with Crippen LogP contribution in [0.25, 0.3) is 0 Å². The first kappa shape index (κ1) is 15.2. The van der Waals surface area contributed by atoms with E-state index in [1.54, 1.807) is 6.08 Å². The monoisotopic (exact) mass is 266 g/mol. The number of hydrogen-bond donors (Lipinski definition) is 1. The number of esters is 1. The van der Waals surface area contributed by atoms with Crippen LogP contribution >= 0.6 is 0 Å². The molecule has 5 nitrogen and oxygen atoms in total. The fraction of sp³-hybridized carbons (Fsp3) is 0.429. The molecule has 0 aromatic rings. The summed E-state index contributed by atoms with van der Waals surface area (Å²) in [7, 11) is 2.62. The first-order chi connectivity index (χ1) is 8.94. The molecular formula is C14H18O5. The number of carbonyl (C=O) groups excluding carboxylic acids is 2. The number of allylic oxidation sites excluding steroid dienone is 1. The van der Waals surface area contributed by atoms with Gasteiger partial charge in [-0.2, -0.15) is 0 Å². The normalized spacial score (nSPS) is 23.0. The third-order valence-electron chi connectivity index (χ3n) is 3.31. The van der Waals surface area contributed by atoms with E-state index in [9.17, 15) is 14.7 Å². The zero-order valence-electron chi connectivity index (χ0n) is 11.2. The zero-order chi connectivity index (χ0) is 14.6. The lowest BCUT2D eigenvalue weighted by atomic mass is 9.73. The second-order valence-electron chi connectivity index (χ2n) is 4.47. The van der Waals surface area contributed by atoms with Crippen molar-refractivity contribution in [2.24, 2.45) is 5.41 Å². The maximum absolute atomic E-state index is 12.2. The van der Waals surface area contributed by atoms with Gasteiger partial charge >= 0.3 is 5.97 Å². The molecule has 0 spiro atoms. The average molecular weight is 266 g/mol. The van der Waals surface area contributed by atoms with E-state index < -0.39 is 11.4 Å². The SMILES string of the molecule is C=CC1(CO)CC(=O)C(C(=C)C(=O)OC)=C(OC)C1. The summed E-state index contributed by atoms with van der Waals surface area (Å²) < 4.78 is 9.74. The molecular weight excluding hydrogens is 248 g/mol. The minimum atomic E-state index is -0.748. The predicted octanol–water partition coefficient (Wildman–Crippen LogP) is 1.14. The highest BCUT2D eigenvalue weighted by atomic mass is 16.5.